The van der Waals surface area contributed by atoms with Crippen molar-refractivity contribution in [2.45, 2.75) is 6.92 Å². The Labute approximate surface area is 262 Å². The summed E-state index contributed by atoms with van der Waals surface area (Å²) in [5, 5.41) is 5.79. The lowest BCUT2D eigenvalue weighted by atomic mass is 10.0. The Bertz CT molecular complexity index is 2480. The summed E-state index contributed by atoms with van der Waals surface area (Å²) in [6.45, 7) is 6.59. The summed E-state index contributed by atoms with van der Waals surface area (Å²) in [5.74, 6) is 0. The maximum Gasteiger partial charge on any atom is 0.0541 e. The van der Waals surface area contributed by atoms with Crippen molar-refractivity contribution >= 4 is 45.4 Å². The minimum atomic E-state index is 1.03. The molecule has 2 heterocycles. The average molecular weight is 577 g/mol. The van der Waals surface area contributed by atoms with Crippen LogP contribution in [0.5, 0.6) is 0 Å². The van der Waals surface area contributed by atoms with Gasteiger partial charge in [-0.2, -0.15) is 0 Å². The van der Waals surface area contributed by atoms with Gasteiger partial charge in [0.15, 0.2) is 0 Å². The predicted octanol–water partition coefficient (Wildman–Crippen LogP) is 9.83. The average Bonchev–Trinajstić information content (AvgIpc) is 3.58. The van der Waals surface area contributed by atoms with Crippen molar-refractivity contribution in [3.05, 3.63) is 168 Å². The SMILES string of the molecule is C=c1/c(=C\C=C/C)n(-c2ccccc2)c2ccc(-c3ccc4c(c3)c3ccccc3n4-c3ccc(-c4ccccc4)cc3)cc12. The Balaban J connectivity index is 1.28. The van der Waals surface area contributed by atoms with Crippen molar-refractivity contribution in [3.8, 4) is 33.6 Å². The second kappa shape index (κ2) is 11.0. The number of allylic oxidation sites excluding steroid dienone is 2. The van der Waals surface area contributed by atoms with Gasteiger partial charge in [0, 0.05) is 32.8 Å². The normalized spacial score (nSPS) is 12.2. The summed E-state index contributed by atoms with van der Waals surface area (Å²) in [5.41, 5.74) is 10.7. The zero-order valence-corrected chi connectivity index (χ0v) is 25.2. The van der Waals surface area contributed by atoms with Crippen LogP contribution in [0.2, 0.25) is 0 Å². The van der Waals surface area contributed by atoms with Crippen molar-refractivity contribution in [3.63, 3.8) is 0 Å². The Morgan fingerprint density at radius 1 is 0.467 bits per heavy atom. The quantitative estimate of drug-likeness (QED) is 0.193. The molecule has 0 spiro atoms. The zero-order chi connectivity index (χ0) is 30.3. The van der Waals surface area contributed by atoms with Gasteiger partial charge in [0.25, 0.3) is 0 Å². The van der Waals surface area contributed by atoms with Gasteiger partial charge in [0.1, 0.15) is 0 Å². The molecule has 214 valence electrons. The molecule has 0 N–H and O–H groups in total. The summed E-state index contributed by atoms with van der Waals surface area (Å²) >= 11 is 0. The summed E-state index contributed by atoms with van der Waals surface area (Å²) in [7, 11) is 0. The smallest absolute Gasteiger partial charge is 0.0541 e. The van der Waals surface area contributed by atoms with E-state index in [0.29, 0.717) is 0 Å². The van der Waals surface area contributed by atoms with Gasteiger partial charge in [0.05, 0.1) is 21.9 Å². The molecule has 8 rings (SSSR count). The van der Waals surface area contributed by atoms with Crippen LogP contribution in [0.4, 0.5) is 0 Å². The zero-order valence-electron chi connectivity index (χ0n) is 25.2. The highest BCUT2D eigenvalue weighted by Crippen LogP contribution is 2.36. The van der Waals surface area contributed by atoms with E-state index in [-0.39, 0.29) is 0 Å². The van der Waals surface area contributed by atoms with E-state index in [1.54, 1.807) is 0 Å². The number of para-hydroxylation sites is 2. The second-order valence-corrected chi connectivity index (χ2v) is 11.5. The van der Waals surface area contributed by atoms with Gasteiger partial charge in [-0.1, -0.05) is 110 Å². The largest absolute Gasteiger partial charge is 0.309 e. The van der Waals surface area contributed by atoms with E-state index in [0.717, 1.165) is 32.8 Å². The Hall–Kier alpha value is -5.86. The van der Waals surface area contributed by atoms with Gasteiger partial charge in [0.2, 0.25) is 0 Å². The third-order valence-corrected chi connectivity index (χ3v) is 8.81. The lowest BCUT2D eigenvalue weighted by Gasteiger charge is -2.10. The standard InChI is InChI=1S/C43H32N2/c1-3-4-18-40-30(2)38-28-33(22-26-42(38)44(40)35-15-9-6-10-16-35)34-23-27-43-39(29-34)37-17-11-12-19-41(37)45(43)36-24-20-32(21-25-36)31-13-7-5-8-14-31/h3-29H,2H2,1H3/b4-3-,40-18+. The Morgan fingerprint density at radius 2 is 1.00 bits per heavy atom. The lowest BCUT2D eigenvalue weighted by Crippen LogP contribution is -2.26. The lowest BCUT2D eigenvalue weighted by molar-refractivity contribution is 1.07. The molecule has 8 aromatic rings. The molecule has 2 aromatic heterocycles. The van der Waals surface area contributed by atoms with Crippen molar-refractivity contribution in [1.82, 2.24) is 9.13 Å². The first kappa shape index (κ1) is 26.7. The third kappa shape index (κ3) is 4.51. The van der Waals surface area contributed by atoms with Crippen molar-refractivity contribution < 1.29 is 0 Å². The van der Waals surface area contributed by atoms with Crippen molar-refractivity contribution in [2.24, 2.45) is 0 Å². The molecule has 0 bridgehead atoms. The number of rotatable bonds is 5. The summed E-state index contributed by atoms with van der Waals surface area (Å²) < 4.78 is 4.69. The van der Waals surface area contributed by atoms with Crippen LogP contribution in [0.15, 0.2) is 158 Å². The molecule has 0 aliphatic carbocycles. The number of nitrogens with zero attached hydrogens (tertiary/aromatic N) is 2. The first-order valence-corrected chi connectivity index (χ1v) is 15.4. The molecule has 0 saturated heterocycles. The predicted molar refractivity (Wildman–Crippen MR) is 193 cm³/mol. The van der Waals surface area contributed by atoms with Gasteiger partial charge < -0.3 is 9.13 Å². The minimum Gasteiger partial charge on any atom is -0.309 e. The van der Waals surface area contributed by atoms with Gasteiger partial charge in [-0.15, -0.1) is 0 Å². The number of aromatic nitrogens is 2. The molecule has 0 amide bonds. The molecule has 0 aliphatic heterocycles. The molecular formula is C43H32N2. The van der Waals surface area contributed by atoms with Gasteiger partial charge in [-0.05, 0) is 89.9 Å². The summed E-state index contributed by atoms with van der Waals surface area (Å²) in [6, 6.07) is 52.3. The molecule has 2 nitrogen and oxygen atoms in total. The van der Waals surface area contributed by atoms with Crippen LogP contribution in [0, 0.1) is 0 Å². The molecule has 0 fully saturated rings. The van der Waals surface area contributed by atoms with Gasteiger partial charge >= 0.3 is 0 Å². The molecular weight excluding hydrogens is 544 g/mol. The van der Waals surface area contributed by atoms with E-state index in [1.165, 1.54) is 44.1 Å². The molecule has 0 atom stereocenters. The molecule has 0 radical (unpaired) electrons. The topological polar surface area (TPSA) is 9.86 Å². The number of benzene rings is 6. The van der Waals surface area contributed by atoms with Crippen LogP contribution >= 0.6 is 0 Å². The fourth-order valence-electron chi connectivity index (χ4n) is 6.64. The Kier molecular flexibility index (Phi) is 6.54. The van der Waals surface area contributed by atoms with Crippen LogP contribution in [0.3, 0.4) is 0 Å². The number of fused-ring (bicyclic) bond motifs is 4. The third-order valence-electron chi connectivity index (χ3n) is 8.81. The minimum absolute atomic E-state index is 1.03. The van der Waals surface area contributed by atoms with E-state index < -0.39 is 0 Å². The van der Waals surface area contributed by atoms with Crippen LogP contribution in [0.1, 0.15) is 6.92 Å². The highest BCUT2D eigenvalue weighted by molar-refractivity contribution is 6.10. The van der Waals surface area contributed by atoms with Crippen molar-refractivity contribution in [2.75, 3.05) is 0 Å². The second-order valence-electron chi connectivity index (χ2n) is 11.5. The monoisotopic (exact) mass is 576 g/mol. The molecule has 0 unspecified atom stereocenters. The number of hydrogen-bond donors (Lipinski definition) is 0. The summed E-state index contributed by atoms with van der Waals surface area (Å²) in [4.78, 5) is 0. The first-order chi connectivity index (χ1) is 22.2. The van der Waals surface area contributed by atoms with Gasteiger partial charge in [-0.3, -0.25) is 0 Å². The molecule has 0 saturated carbocycles. The van der Waals surface area contributed by atoms with E-state index >= 15 is 0 Å². The van der Waals surface area contributed by atoms with Crippen LogP contribution < -0.4 is 10.6 Å². The van der Waals surface area contributed by atoms with E-state index in [9.17, 15) is 0 Å². The summed E-state index contributed by atoms with van der Waals surface area (Å²) in [6.07, 6.45) is 6.30. The van der Waals surface area contributed by atoms with E-state index in [1.807, 2.05) is 6.92 Å². The molecule has 0 aliphatic rings. The highest BCUT2D eigenvalue weighted by Gasteiger charge is 2.15. The van der Waals surface area contributed by atoms with Crippen molar-refractivity contribution in [1.29, 1.82) is 0 Å². The van der Waals surface area contributed by atoms with Crippen LogP contribution in [-0.4, -0.2) is 9.13 Å². The number of hydrogen-bond acceptors (Lipinski definition) is 0. The van der Waals surface area contributed by atoms with E-state index in [4.69, 9.17) is 0 Å². The van der Waals surface area contributed by atoms with Crippen LogP contribution in [-0.2, 0) is 0 Å². The van der Waals surface area contributed by atoms with Crippen LogP contribution in [0.25, 0.3) is 79.0 Å². The Morgan fingerprint density at radius 3 is 1.71 bits per heavy atom. The van der Waals surface area contributed by atoms with Gasteiger partial charge in [-0.25, -0.2) is 0 Å². The maximum atomic E-state index is 4.55. The maximum absolute atomic E-state index is 4.55. The fourth-order valence-corrected chi connectivity index (χ4v) is 6.64. The molecule has 2 heteroatoms. The fraction of sp³-hybridized carbons (Fsp3) is 0.0233. The first-order valence-electron chi connectivity index (χ1n) is 15.4. The highest BCUT2D eigenvalue weighted by atomic mass is 15.0. The molecule has 45 heavy (non-hydrogen) atoms. The van der Waals surface area contributed by atoms with E-state index in [2.05, 4.69) is 180 Å². The molecule has 6 aromatic carbocycles.